The first-order valence-corrected chi connectivity index (χ1v) is 11.3. The van der Waals surface area contributed by atoms with Crippen molar-refractivity contribution in [2.45, 2.75) is 32.0 Å². The number of thioether (sulfide) groups is 1. The zero-order valence-corrected chi connectivity index (χ0v) is 18.0. The van der Waals surface area contributed by atoms with Crippen molar-refractivity contribution in [3.63, 3.8) is 0 Å². The highest BCUT2D eigenvalue weighted by Gasteiger charge is 2.17. The number of rotatable bonds is 8. The molecule has 0 amide bonds. The van der Waals surface area contributed by atoms with Crippen LogP contribution < -0.4 is 0 Å². The van der Waals surface area contributed by atoms with Crippen LogP contribution in [0.15, 0.2) is 65.4 Å². The molecule has 0 radical (unpaired) electrons. The lowest BCUT2D eigenvalue weighted by Crippen LogP contribution is -2.08. The molecule has 0 aliphatic rings. The van der Waals surface area contributed by atoms with E-state index in [-0.39, 0.29) is 5.78 Å². The van der Waals surface area contributed by atoms with E-state index in [1.54, 1.807) is 17.7 Å². The van der Waals surface area contributed by atoms with Gasteiger partial charge in [-0.25, -0.2) is 0 Å². The Bertz CT molecular complexity index is 1100. The molecular formula is C22H22N4OS2. The summed E-state index contributed by atoms with van der Waals surface area (Å²) in [4.78, 5) is 14.3. The smallest absolute Gasteiger partial charge is 0.196 e. The summed E-state index contributed by atoms with van der Waals surface area (Å²) in [6.45, 7) is 4.99. The second kappa shape index (κ2) is 8.80. The first-order valence-electron chi connectivity index (χ1n) is 9.44. The second-order valence-electron chi connectivity index (χ2n) is 6.80. The number of Topliss-reactive ketones (excluding diaryl/α,β-unsaturated/α-hetero) is 1. The minimum absolute atomic E-state index is 0.119. The monoisotopic (exact) mass is 422 g/mol. The van der Waals surface area contributed by atoms with Crippen molar-refractivity contribution in [2.75, 3.05) is 5.75 Å². The van der Waals surface area contributed by atoms with Crippen molar-refractivity contribution in [1.82, 2.24) is 19.3 Å². The largest absolute Gasteiger partial charge is 0.348 e. The van der Waals surface area contributed by atoms with Crippen LogP contribution in [0.2, 0.25) is 0 Å². The molecule has 0 unspecified atom stereocenters. The van der Waals surface area contributed by atoms with Crippen molar-refractivity contribution >= 4 is 28.9 Å². The maximum absolute atomic E-state index is 12.9. The fourth-order valence-electron chi connectivity index (χ4n) is 3.40. The van der Waals surface area contributed by atoms with Crippen LogP contribution in [0.5, 0.6) is 0 Å². The van der Waals surface area contributed by atoms with Gasteiger partial charge in [0, 0.05) is 34.1 Å². The van der Waals surface area contributed by atoms with Crippen LogP contribution in [0.1, 0.15) is 26.6 Å². The van der Waals surface area contributed by atoms with E-state index in [0.717, 1.165) is 40.8 Å². The Morgan fingerprint density at radius 2 is 1.97 bits per heavy atom. The van der Waals surface area contributed by atoms with E-state index in [2.05, 4.69) is 39.2 Å². The topological polar surface area (TPSA) is 52.7 Å². The predicted molar refractivity (Wildman–Crippen MR) is 118 cm³/mol. The lowest BCUT2D eigenvalue weighted by Gasteiger charge is -2.09. The molecule has 4 aromatic rings. The number of nitrogens with zero attached hydrogens (tertiary/aromatic N) is 4. The molecule has 7 heteroatoms. The van der Waals surface area contributed by atoms with Gasteiger partial charge in [-0.15, -0.1) is 21.5 Å². The van der Waals surface area contributed by atoms with E-state index >= 15 is 0 Å². The Kier molecular flexibility index (Phi) is 5.97. The van der Waals surface area contributed by atoms with E-state index in [4.69, 9.17) is 0 Å². The van der Waals surface area contributed by atoms with E-state index < -0.39 is 0 Å². The average molecular weight is 423 g/mol. The van der Waals surface area contributed by atoms with Gasteiger partial charge in [0.15, 0.2) is 10.9 Å². The number of carbonyl (C=O) groups is 1. The van der Waals surface area contributed by atoms with Gasteiger partial charge >= 0.3 is 0 Å². The Morgan fingerprint density at radius 1 is 1.14 bits per heavy atom. The van der Waals surface area contributed by atoms with Crippen LogP contribution >= 0.6 is 23.1 Å². The standard InChI is InChI=1S/C22H22N4OS2/c1-16-13-20(17(2)25(16)11-10-19-9-6-12-28-19)21(27)14-29-22-24-23-15-26(22)18-7-4-3-5-8-18/h3-9,12-13,15H,10-11,14H2,1-2H3. The molecule has 0 aliphatic heterocycles. The number of aryl methyl sites for hydroxylation is 2. The zero-order chi connectivity index (χ0) is 20.2. The van der Waals surface area contributed by atoms with E-state index in [9.17, 15) is 4.79 Å². The SMILES string of the molecule is Cc1cc(C(=O)CSc2nncn2-c2ccccc2)c(C)n1CCc1cccs1. The molecule has 3 heterocycles. The van der Waals surface area contributed by atoms with Gasteiger partial charge in [-0.05, 0) is 49.9 Å². The summed E-state index contributed by atoms with van der Waals surface area (Å²) in [6.07, 6.45) is 2.66. The number of thiophene rings is 1. The van der Waals surface area contributed by atoms with Crippen molar-refractivity contribution in [3.05, 3.63) is 82.1 Å². The van der Waals surface area contributed by atoms with Crippen molar-refractivity contribution in [2.24, 2.45) is 0 Å². The van der Waals surface area contributed by atoms with Gasteiger partial charge < -0.3 is 4.57 Å². The molecule has 0 fully saturated rings. The average Bonchev–Trinajstić information content (AvgIpc) is 3.47. The van der Waals surface area contributed by atoms with Crippen LogP contribution in [-0.4, -0.2) is 30.9 Å². The van der Waals surface area contributed by atoms with Gasteiger partial charge in [-0.3, -0.25) is 9.36 Å². The third-order valence-electron chi connectivity index (χ3n) is 4.92. The van der Waals surface area contributed by atoms with Crippen LogP contribution in [0.3, 0.4) is 0 Å². The molecule has 29 heavy (non-hydrogen) atoms. The number of hydrogen-bond donors (Lipinski definition) is 0. The fraction of sp³-hybridized carbons (Fsp3) is 0.227. The molecule has 0 saturated heterocycles. The van der Waals surface area contributed by atoms with Crippen LogP contribution in [0.4, 0.5) is 0 Å². The third-order valence-corrected chi connectivity index (χ3v) is 6.80. The Balaban J connectivity index is 1.45. The van der Waals surface area contributed by atoms with Gasteiger partial charge in [-0.1, -0.05) is 36.0 Å². The molecule has 148 valence electrons. The van der Waals surface area contributed by atoms with E-state index in [1.807, 2.05) is 47.9 Å². The second-order valence-corrected chi connectivity index (χ2v) is 8.77. The molecule has 5 nitrogen and oxygen atoms in total. The number of ketones is 1. The molecule has 0 N–H and O–H groups in total. The number of para-hydroxylation sites is 1. The lowest BCUT2D eigenvalue weighted by atomic mass is 10.2. The zero-order valence-electron chi connectivity index (χ0n) is 16.4. The minimum Gasteiger partial charge on any atom is -0.348 e. The predicted octanol–water partition coefficient (Wildman–Crippen LogP) is 4.96. The molecule has 3 aromatic heterocycles. The highest BCUT2D eigenvalue weighted by molar-refractivity contribution is 7.99. The molecule has 0 spiro atoms. The molecular weight excluding hydrogens is 400 g/mol. The molecule has 4 rings (SSSR count). The highest BCUT2D eigenvalue weighted by atomic mass is 32.2. The summed E-state index contributed by atoms with van der Waals surface area (Å²) in [5.74, 6) is 0.453. The summed E-state index contributed by atoms with van der Waals surface area (Å²) in [7, 11) is 0. The van der Waals surface area contributed by atoms with Gasteiger partial charge in [0.2, 0.25) is 0 Å². The van der Waals surface area contributed by atoms with Gasteiger partial charge in [-0.2, -0.15) is 0 Å². The highest BCUT2D eigenvalue weighted by Crippen LogP contribution is 2.23. The fourth-order valence-corrected chi connectivity index (χ4v) is 4.91. The molecule has 0 aliphatic carbocycles. The van der Waals surface area contributed by atoms with Crippen LogP contribution in [0, 0.1) is 13.8 Å². The van der Waals surface area contributed by atoms with Gasteiger partial charge in [0.05, 0.1) is 5.75 Å². The molecule has 0 saturated carbocycles. The first kappa shape index (κ1) is 19.7. The minimum atomic E-state index is 0.119. The summed E-state index contributed by atoms with van der Waals surface area (Å²) < 4.78 is 4.15. The van der Waals surface area contributed by atoms with E-state index in [0.29, 0.717) is 5.75 Å². The van der Waals surface area contributed by atoms with Crippen LogP contribution in [-0.2, 0) is 13.0 Å². The maximum atomic E-state index is 12.9. The Labute approximate surface area is 178 Å². The maximum Gasteiger partial charge on any atom is 0.196 e. The molecule has 0 atom stereocenters. The molecule has 1 aromatic carbocycles. The third kappa shape index (κ3) is 4.36. The van der Waals surface area contributed by atoms with Crippen LogP contribution in [0.25, 0.3) is 5.69 Å². The number of carbonyl (C=O) groups excluding carboxylic acids is 1. The Morgan fingerprint density at radius 3 is 2.72 bits per heavy atom. The first-order chi connectivity index (χ1) is 14.1. The van der Waals surface area contributed by atoms with Crippen molar-refractivity contribution < 1.29 is 4.79 Å². The lowest BCUT2D eigenvalue weighted by molar-refractivity contribution is 0.102. The summed E-state index contributed by atoms with van der Waals surface area (Å²) >= 11 is 3.19. The Hall–Kier alpha value is -2.64. The summed E-state index contributed by atoms with van der Waals surface area (Å²) in [6, 6.07) is 16.2. The number of aromatic nitrogens is 4. The normalized spacial score (nSPS) is 11.1. The van der Waals surface area contributed by atoms with Crippen molar-refractivity contribution in [1.29, 1.82) is 0 Å². The number of hydrogen-bond acceptors (Lipinski definition) is 5. The molecule has 0 bridgehead atoms. The van der Waals surface area contributed by atoms with E-state index in [1.165, 1.54) is 16.6 Å². The summed E-state index contributed by atoms with van der Waals surface area (Å²) in [5.41, 5.74) is 3.94. The quantitative estimate of drug-likeness (QED) is 0.297. The van der Waals surface area contributed by atoms with Crippen molar-refractivity contribution in [3.8, 4) is 5.69 Å². The van der Waals surface area contributed by atoms with Gasteiger partial charge in [0.25, 0.3) is 0 Å². The summed E-state index contributed by atoms with van der Waals surface area (Å²) in [5, 5.41) is 11.0. The van der Waals surface area contributed by atoms with Gasteiger partial charge in [0.1, 0.15) is 6.33 Å². The number of benzene rings is 1.